The van der Waals surface area contributed by atoms with Crippen LogP contribution in [-0.2, 0) is 0 Å². The van der Waals surface area contributed by atoms with E-state index in [1.54, 1.807) is 11.3 Å². The topological polar surface area (TPSA) is 21.3 Å². The maximum atomic E-state index is 5.73. The van der Waals surface area contributed by atoms with Gasteiger partial charge in [0.1, 0.15) is 5.75 Å². The second kappa shape index (κ2) is 8.20. The average Bonchev–Trinajstić information content (AvgIpc) is 2.92. The number of rotatable bonds is 8. The minimum atomic E-state index is 0.268. The molecule has 1 aromatic carbocycles. The zero-order valence-electron chi connectivity index (χ0n) is 13.2. The van der Waals surface area contributed by atoms with Gasteiger partial charge in [-0.1, -0.05) is 32.4 Å². The van der Waals surface area contributed by atoms with E-state index in [-0.39, 0.29) is 6.04 Å². The fourth-order valence-corrected chi connectivity index (χ4v) is 3.07. The van der Waals surface area contributed by atoms with E-state index in [1.165, 1.54) is 16.0 Å². The van der Waals surface area contributed by atoms with Crippen molar-refractivity contribution < 1.29 is 4.74 Å². The molecule has 3 heteroatoms. The Morgan fingerprint density at radius 3 is 2.48 bits per heavy atom. The number of aryl methyl sites for hydroxylation is 1. The number of unbranched alkanes of at least 4 members (excludes halogenated alkanes) is 1. The lowest BCUT2D eigenvalue weighted by Gasteiger charge is -2.18. The molecule has 1 atom stereocenters. The summed E-state index contributed by atoms with van der Waals surface area (Å²) >= 11 is 1.81. The molecule has 1 aromatic heterocycles. The Hall–Kier alpha value is -1.32. The molecule has 1 heterocycles. The lowest BCUT2D eigenvalue weighted by atomic mass is 10.0. The van der Waals surface area contributed by atoms with Crippen molar-refractivity contribution in [2.45, 2.75) is 39.7 Å². The van der Waals surface area contributed by atoms with Crippen LogP contribution in [0.5, 0.6) is 5.75 Å². The van der Waals surface area contributed by atoms with E-state index < -0.39 is 0 Å². The first-order chi connectivity index (χ1) is 10.2. The van der Waals surface area contributed by atoms with E-state index in [4.69, 9.17) is 4.74 Å². The van der Waals surface area contributed by atoms with Gasteiger partial charge < -0.3 is 10.1 Å². The molecule has 1 N–H and O–H groups in total. The zero-order chi connectivity index (χ0) is 15.1. The van der Waals surface area contributed by atoms with E-state index in [9.17, 15) is 0 Å². The molecule has 2 nitrogen and oxygen atoms in total. The number of ether oxygens (including phenoxy) is 1. The number of hydrogen-bond acceptors (Lipinski definition) is 3. The van der Waals surface area contributed by atoms with Crippen molar-refractivity contribution in [3.8, 4) is 5.75 Å². The van der Waals surface area contributed by atoms with Crippen LogP contribution in [-0.4, -0.2) is 13.2 Å². The van der Waals surface area contributed by atoms with Crippen molar-refractivity contribution in [2.75, 3.05) is 13.2 Å². The molecule has 0 aliphatic rings. The summed E-state index contributed by atoms with van der Waals surface area (Å²) in [6.45, 7) is 8.23. The highest BCUT2D eigenvalue weighted by Gasteiger charge is 2.14. The van der Waals surface area contributed by atoms with Crippen LogP contribution >= 0.6 is 11.3 Å². The molecule has 0 saturated heterocycles. The maximum absolute atomic E-state index is 5.73. The molecule has 0 radical (unpaired) electrons. The van der Waals surface area contributed by atoms with E-state index in [2.05, 4.69) is 61.8 Å². The predicted octanol–water partition coefficient (Wildman–Crippen LogP) is 4.93. The highest BCUT2D eigenvalue weighted by molar-refractivity contribution is 7.10. The van der Waals surface area contributed by atoms with Crippen molar-refractivity contribution in [3.63, 3.8) is 0 Å². The Labute approximate surface area is 132 Å². The van der Waals surface area contributed by atoms with E-state index in [1.807, 2.05) is 0 Å². The number of nitrogens with one attached hydrogen (secondary N) is 1. The van der Waals surface area contributed by atoms with Crippen molar-refractivity contribution in [1.82, 2.24) is 5.32 Å². The summed E-state index contributed by atoms with van der Waals surface area (Å²) in [5.41, 5.74) is 2.64. The second-order valence-corrected chi connectivity index (χ2v) is 6.37. The van der Waals surface area contributed by atoms with Crippen LogP contribution in [0, 0.1) is 6.92 Å². The van der Waals surface area contributed by atoms with Gasteiger partial charge in [-0.25, -0.2) is 0 Å². The van der Waals surface area contributed by atoms with Crippen LogP contribution < -0.4 is 10.1 Å². The Balaban J connectivity index is 2.10. The Morgan fingerprint density at radius 2 is 1.90 bits per heavy atom. The van der Waals surface area contributed by atoms with Gasteiger partial charge in [-0.15, -0.1) is 11.3 Å². The van der Waals surface area contributed by atoms with Crippen LogP contribution in [0.3, 0.4) is 0 Å². The summed E-state index contributed by atoms with van der Waals surface area (Å²) in [5.74, 6) is 0.962. The largest absolute Gasteiger partial charge is 0.494 e. The lowest BCUT2D eigenvalue weighted by Crippen LogP contribution is -2.21. The van der Waals surface area contributed by atoms with Crippen LogP contribution in [0.2, 0.25) is 0 Å². The normalized spacial score (nSPS) is 12.3. The Bertz CT molecular complexity index is 532. The molecule has 0 fully saturated rings. The third-order valence-electron chi connectivity index (χ3n) is 3.47. The van der Waals surface area contributed by atoms with Crippen LogP contribution in [0.25, 0.3) is 0 Å². The SMILES string of the molecule is CCCCOc1ccc(C(NCC)c2csc(C)c2)cc1. The van der Waals surface area contributed by atoms with Crippen LogP contribution in [0.15, 0.2) is 35.7 Å². The molecule has 0 spiro atoms. The van der Waals surface area contributed by atoms with Crippen LogP contribution in [0.4, 0.5) is 0 Å². The summed E-state index contributed by atoms with van der Waals surface area (Å²) in [6, 6.07) is 11.0. The molecule has 0 aliphatic carbocycles. The predicted molar refractivity (Wildman–Crippen MR) is 91.4 cm³/mol. The summed E-state index contributed by atoms with van der Waals surface area (Å²) in [4.78, 5) is 1.35. The number of benzene rings is 1. The second-order valence-electron chi connectivity index (χ2n) is 5.25. The van der Waals surface area contributed by atoms with Gasteiger partial charge in [0.2, 0.25) is 0 Å². The van der Waals surface area contributed by atoms with Crippen LogP contribution in [0.1, 0.15) is 48.7 Å². The highest BCUT2D eigenvalue weighted by Crippen LogP contribution is 2.27. The summed E-state index contributed by atoms with van der Waals surface area (Å²) in [7, 11) is 0. The van der Waals surface area contributed by atoms with Gasteiger partial charge in [0, 0.05) is 4.88 Å². The number of hydrogen-bond donors (Lipinski definition) is 1. The summed E-state index contributed by atoms with van der Waals surface area (Å²) < 4.78 is 5.73. The Kier molecular flexibility index (Phi) is 6.27. The first-order valence-electron chi connectivity index (χ1n) is 7.75. The van der Waals surface area contributed by atoms with E-state index in [0.717, 1.165) is 31.7 Å². The summed E-state index contributed by atoms with van der Waals surface area (Å²) in [5, 5.41) is 5.81. The van der Waals surface area contributed by atoms with Gasteiger partial charge in [0.15, 0.2) is 0 Å². The van der Waals surface area contributed by atoms with Crippen molar-refractivity contribution in [2.24, 2.45) is 0 Å². The molecule has 0 amide bonds. The molecular weight excluding hydrogens is 278 g/mol. The van der Waals surface area contributed by atoms with Gasteiger partial charge in [-0.3, -0.25) is 0 Å². The third kappa shape index (κ3) is 4.58. The Morgan fingerprint density at radius 1 is 1.14 bits per heavy atom. The van der Waals surface area contributed by atoms with Gasteiger partial charge in [-0.2, -0.15) is 0 Å². The fourth-order valence-electron chi connectivity index (χ4n) is 2.34. The monoisotopic (exact) mass is 303 g/mol. The van der Waals surface area contributed by atoms with Gasteiger partial charge in [-0.05, 0) is 54.6 Å². The highest BCUT2D eigenvalue weighted by atomic mass is 32.1. The molecule has 0 saturated carbocycles. The minimum Gasteiger partial charge on any atom is -0.494 e. The average molecular weight is 303 g/mol. The lowest BCUT2D eigenvalue weighted by molar-refractivity contribution is 0.309. The van der Waals surface area contributed by atoms with Crippen molar-refractivity contribution in [3.05, 3.63) is 51.7 Å². The molecule has 114 valence electrons. The zero-order valence-corrected chi connectivity index (χ0v) is 14.0. The maximum Gasteiger partial charge on any atom is 0.119 e. The molecule has 21 heavy (non-hydrogen) atoms. The molecule has 1 unspecified atom stereocenters. The first-order valence-corrected chi connectivity index (χ1v) is 8.63. The summed E-state index contributed by atoms with van der Waals surface area (Å²) in [6.07, 6.45) is 2.27. The number of thiophene rings is 1. The van der Waals surface area contributed by atoms with E-state index >= 15 is 0 Å². The van der Waals surface area contributed by atoms with Gasteiger partial charge >= 0.3 is 0 Å². The van der Waals surface area contributed by atoms with Gasteiger partial charge in [0.05, 0.1) is 12.6 Å². The molecule has 2 aromatic rings. The third-order valence-corrected chi connectivity index (χ3v) is 4.35. The smallest absolute Gasteiger partial charge is 0.119 e. The van der Waals surface area contributed by atoms with Crippen molar-refractivity contribution in [1.29, 1.82) is 0 Å². The van der Waals surface area contributed by atoms with Gasteiger partial charge in [0.25, 0.3) is 0 Å². The molecule has 2 rings (SSSR count). The quantitative estimate of drug-likeness (QED) is 0.698. The van der Waals surface area contributed by atoms with E-state index in [0.29, 0.717) is 0 Å². The standard InChI is InChI=1S/C18H25NOS/c1-4-6-11-20-17-9-7-15(8-10-17)18(19-5-2)16-12-14(3)21-13-16/h7-10,12-13,18-19H,4-6,11H2,1-3H3. The fraction of sp³-hybridized carbons (Fsp3) is 0.444. The molecule has 0 bridgehead atoms. The van der Waals surface area contributed by atoms with Crippen molar-refractivity contribution >= 4 is 11.3 Å². The first kappa shape index (κ1) is 16.1. The molecular formula is C18H25NOS. The molecule has 0 aliphatic heterocycles. The minimum absolute atomic E-state index is 0.268.